The molecule has 0 heterocycles. The second-order valence-electron chi connectivity index (χ2n) is 21.2. The molecule has 0 aliphatic heterocycles. The van der Waals surface area contributed by atoms with Crippen molar-refractivity contribution in [3.8, 4) is 0 Å². The molecule has 290 valence electrons. The van der Waals surface area contributed by atoms with Crippen LogP contribution in [-0.4, -0.2) is 83.4 Å². The van der Waals surface area contributed by atoms with Crippen LogP contribution in [0.5, 0.6) is 0 Å². The van der Waals surface area contributed by atoms with Gasteiger partial charge in [-0.05, 0) is 58.4 Å². The first-order valence-electron chi connectivity index (χ1n) is 18.7. The Morgan fingerprint density at radius 2 is 0.500 bits per heavy atom. The quantitative estimate of drug-likeness (QED) is 0.0800. The van der Waals surface area contributed by atoms with Crippen LogP contribution in [0, 0.1) is 32.5 Å². The highest BCUT2D eigenvalue weighted by Gasteiger charge is 2.45. The molecule has 8 nitrogen and oxygen atoms in total. The van der Waals surface area contributed by atoms with Crippen molar-refractivity contribution in [2.45, 2.75) is 150 Å². The minimum absolute atomic E-state index is 0.0383. The van der Waals surface area contributed by atoms with Gasteiger partial charge < -0.3 is 37.2 Å². The minimum atomic E-state index is -2.87. The summed E-state index contributed by atoms with van der Waals surface area (Å²) in [5, 5.41) is 7.24. The zero-order chi connectivity index (χ0) is 37.6. The van der Waals surface area contributed by atoms with Gasteiger partial charge in [0.2, 0.25) is 0 Å². The Labute approximate surface area is 302 Å². The third kappa shape index (κ3) is 28.8. The van der Waals surface area contributed by atoms with E-state index in [1.807, 2.05) is 0 Å². The van der Waals surface area contributed by atoms with Gasteiger partial charge in [0.15, 0.2) is 0 Å². The van der Waals surface area contributed by atoms with E-state index in [0.717, 1.165) is 51.1 Å². The van der Waals surface area contributed by atoms with E-state index in [1.54, 1.807) is 0 Å². The summed E-state index contributed by atoms with van der Waals surface area (Å²) in [5.41, 5.74) is 0.230. The fourth-order valence-corrected chi connectivity index (χ4v) is 10.4. The lowest BCUT2D eigenvalue weighted by Gasteiger charge is -2.36. The number of hydrogen-bond acceptors (Lipinski definition) is 8. The van der Waals surface area contributed by atoms with Gasteiger partial charge in [-0.2, -0.15) is 0 Å². The minimum Gasteiger partial charge on any atom is -0.373 e. The van der Waals surface area contributed by atoms with Gasteiger partial charge in [0.1, 0.15) is 0 Å². The molecule has 48 heavy (non-hydrogen) atoms. The van der Waals surface area contributed by atoms with Gasteiger partial charge in [-0.1, -0.05) is 125 Å². The van der Waals surface area contributed by atoms with Gasteiger partial charge in [0, 0.05) is 64.8 Å². The maximum Gasteiger partial charge on any atom is 0.501 e. The molecule has 0 unspecified atom stereocenters. The topological polar surface area (TPSA) is 79.4 Å². The maximum absolute atomic E-state index is 6.62. The highest BCUT2D eigenvalue weighted by atomic mass is 28.4. The van der Waals surface area contributed by atoms with E-state index in [-0.39, 0.29) is 32.5 Å². The Hall–Kier alpha value is 0.114. The molecule has 0 aromatic rings. The van der Waals surface area contributed by atoms with Crippen molar-refractivity contribution < 1.29 is 26.6 Å². The third-order valence-corrected chi connectivity index (χ3v) is 11.9. The van der Waals surface area contributed by atoms with E-state index >= 15 is 0 Å². The zero-order valence-electron chi connectivity index (χ0n) is 35.3. The Bertz CT molecular complexity index is 685. The van der Waals surface area contributed by atoms with Crippen molar-refractivity contribution in [3.63, 3.8) is 0 Å². The predicted octanol–water partition coefficient (Wildman–Crippen LogP) is 9.20. The Balaban J connectivity index is 5.12. The summed E-state index contributed by atoms with van der Waals surface area (Å²) in [6.07, 6.45) is 1.89. The number of rotatable bonds is 23. The summed E-state index contributed by atoms with van der Waals surface area (Å²) in [6.45, 7) is 47.0. The van der Waals surface area contributed by atoms with Gasteiger partial charge >= 0.3 is 17.6 Å². The van der Waals surface area contributed by atoms with Gasteiger partial charge in [-0.25, -0.2) is 0 Å². The van der Waals surface area contributed by atoms with Crippen LogP contribution >= 0.6 is 0 Å². The molecule has 10 heteroatoms. The van der Waals surface area contributed by atoms with Crippen LogP contribution in [0.25, 0.3) is 0 Å². The van der Waals surface area contributed by atoms with E-state index in [2.05, 4.69) is 135 Å². The molecule has 0 aromatic heterocycles. The lowest BCUT2D eigenvalue weighted by molar-refractivity contribution is 0.00345. The molecule has 0 aliphatic rings. The second-order valence-corrected chi connectivity index (χ2v) is 26.6. The Morgan fingerprint density at radius 3 is 0.667 bits per heavy atom. The smallest absolute Gasteiger partial charge is 0.373 e. The third-order valence-electron chi connectivity index (χ3n) is 6.50. The molecule has 0 aliphatic carbocycles. The second kappa shape index (κ2) is 20.4. The van der Waals surface area contributed by atoms with Crippen molar-refractivity contribution in [1.82, 2.24) is 10.6 Å². The van der Waals surface area contributed by atoms with E-state index in [1.165, 1.54) is 0 Å². The molecule has 0 fully saturated rings. The standard InChI is InChI=1S/C38H84N2O6Si2/c1-33(2,3)27-41-47(42-28-34(4,5)6,43-29-35(7,8)9)25-19-21-39-23-24-40-22-20-26-48(44-30-36(10,11)12,45-31-37(13,14)15)46-32-38(16,17)18/h39-40H,19-32H2,1-18H3. The summed E-state index contributed by atoms with van der Waals surface area (Å²) in [6, 6.07) is 1.61. The summed E-state index contributed by atoms with van der Waals surface area (Å²) >= 11 is 0. The molecule has 0 radical (unpaired) electrons. The molecular weight excluding hydrogens is 637 g/mol. The fourth-order valence-electron chi connectivity index (χ4n) is 3.93. The van der Waals surface area contributed by atoms with Gasteiger partial charge in [-0.15, -0.1) is 0 Å². The Kier molecular flexibility index (Phi) is 20.4. The van der Waals surface area contributed by atoms with Crippen LogP contribution in [0.1, 0.15) is 137 Å². The van der Waals surface area contributed by atoms with Crippen molar-refractivity contribution >= 4 is 17.6 Å². The zero-order valence-corrected chi connectivity index (χ0v) is 37.3. The first-order chi connectivity index (χ1) is 21.4. The number of nitrogens with one attached hydrogen (secondary N) is 2. The molecule has 0 rings (SSSR count). The highest BCUT2D eigenvalue weighted by molar-refractivity contribution is 6.61. The van der Waals surface area contributed by atoms with Crippen molar-refractivity contribution in [2.75, 3.05) is 65.8 Å². The monoisotopic (exact) mass is 721 g/mol. The molecule has 0 atom stereocenters. The summed E-state index contributed by atoms with van der Waals surface area (Å²) in [4.78, 5) is 0. The van der Waals surface area contributed by atoms with Crippen LogP contribution in [0.3, 0.4) is 0 Å². The summed E-state index contributed by atoms with van der Waals surface area (Å²) in [7, 11) is -5.75. The first kappa shape index (κ1) is 48.1. The molecule has 0 aromatic carbocycles. The van der Waals surface area contributed by atoms with Gasteiger partial charge in [0.25, 0.3) is 0 Å². The molecule has 0 bridgehead atoms. The van der Waals surface area contributed by atoms with Crippen molar-refractivity contribution in [2.24, 2.45) is 32.5 Å². The van der Waals surface area contributed by atoms with Crippen LogP contribution in [0.4, 0.5) is 0 Å². The van der Waals surface area contributed by atoms with Crippen LogP contribution in [-0.2, 0) is 26.6 Å². The molecule has 0 amide bonds. The van der Waals surface area contributed by atoms with Crippen LogP contribution in [0.15, 0.2) is 0 Å². The summed E-state index contributed by atoms with van der Waals surface area (Å²) in [5.74, 6) is 0. The van der Waals surface area contributed by atoms with Gasteiger partial charge in [-0.3, -0.25) is 0 Å². The van der Waals surface area contributed by atoms with Crippen LogP contribution in [0.2, 0.25) is 12.1 Å². The normalized spacial score (nSPS) is 14.6. The first-order valence-corrected chi connectivity index (χ1v) is 22.6. The lowest BCUT2D eigenvalue weighted by atomic mass is 9.99. The summed E-state index contributed by atoms with van der Waals surface area (Å²) < 4.78 is 39.7. The number of hydrogen-bond donors (Lipinski definition) is 2. The molecule has 0 saturated heterocycles. The predicted molar refractivity (Wildman–Crippen MR) is 209 cm³/mol. The van der Waals surface area contributed by atoms with E-state index in [9.17, 15) is 0 Å². The van der Waals surface area contributed by atoms with Gasteiger partial charge in [0.05, 0.1) is 0 Å². The molecular formula is C38H84N2O6Si2. The maximum atomic E-state index is 6.62. The lowest BCUT2D eigenvalue weighted by Crippen LogP contribution is -2.50. The fraction of sp³-hybridized carbons (Fsp3) is 1.00. The average Bonchev–Trinajstić information content (AvgIpc) is 2.88. The average molecular weight is 721 g/mol. The van der Waals surface area contributed by atoms with E-state index < -0.39 is 17.6 Å². The van der Waals surface area contributed by atoms with E-state index in [0.29, 0.717) is 39.6 Å². The van der Waals surface area contributed by atoms with Crippen molar-refractivity contribution in [1.29, 1.82) is 0 Å². The van der Waals surface area contributed by atoms with E-state index in [4.69, 9.17) is 26.6 Å². The SMILES string of the molecule is CC(C)(C)CO[Si](CCCNCCNCCC[Si](OCC(C)(C)C)(OCC(C)(C)C)OCC(C)(C)C)(OCC(C)(C)C)OCC(C)(C)C. The molecule has 2 N–H and O–H groups in total. The Morgan fingerprint density at radius 1 is 0.312 bits per heavy atom. The van der Waals surface area contributed by atoms with Crippen LogP contribution < -0.4 is 10.6 Å². The molecule has 0 saturated carbocycles. The van der Waals surface area contributed by atoms with Crippen molar-refractivity contribution in [3.05, 3.63) is 0 Å². The molecule has 0 spiro atoms. The largest absolute Gasteiger partial charge is 0.501 e. The highest BCUT2D eigenvalue weighted by Crippen LogP contribution is 2.30.